The van der Waals surface area contributed by atoms with E-state index in [9.17, 15) is 9.90 Å². The van der Waals surface area contributed by atoms with Crippen molar-refractivity contribution in [2.24, 2.45) is 0 Å². The van der Waals surface area contributed by atoms with E-state index in [0.29, 0.717) is 18.1 Å². The number of aliphatic hydroxyl groups is 1. The maximum Gasteiger partial charge on any atom is 0.257 e. The smallest absolute Gasteiger partial charge is 0.257 e. The van der Waals surface area contributed by atoms with Crippen LogP contribution in [0.15, 0.2) is 42.7 Å². The summed E-state index contributed by atoms with van der Waals surface area (Å²) in [6, 6.07) is 9.58. The molecule has 1 saturated heterocycles. The van der Waals surface area contributed by atoms with Gasteiger partial charge in [0, 0.05) is 24.6 Å². The van der Waals surface area contributed by atoms with Crippen LogP contribution in [0.2, 0.25) is 0 Å². The Morgan fingerprint density at radius 3 is 2.58 bits per heavy atom. The van der Waals surface area contributed by atoms with E-state index >= 15 is 0 Å². The van der Waals surface area contributed by atoms with E-state index in [1.54, 1.807) is 17.3 Å². The van der Waals surface area contributed by atoms with Crippen LogP contribution in [0.25, 0.3) is 0 Å². The second-order valence-electron chi connectivity index (χ2n) is 6.55. The number of anilines is 2. The Hall–Kier alpha value is -2.47. The molecule has 6 heteroatoms. The van der Waals surface area contributed by atoms with Gasteiger partial charge in [-0.3, -0.25) is 4.79 Å². The number of carbonyl (C=O) groups excluding carboxylic acids is 1. The van der Waals surface area contributed by atoms with Gasteiger partial charge < -0.3 is 15.3 Å². The zero-order valence-corrected chi connectivity index (χ0v) is 13.4. The Morgan fingerprint density at radius 1 is 1.21 bits per heavy atom. The second-order valence-corrected chi connectivity index (χ2v) is 6.55. The molecule has 1 aliphatic carbocycles. The summed E-state index contributed by atoms with van der Waals surface area (Å²) in [6.45, 7) is 0.690. The van der Waals surface area contributed by atoms with E-state index < -0.39 is 5.60 Å². The van der Waals surface area contributed by atoms with Gasteiger partial charge in [0.05, 0.1) is 17.2 Å². The van der Waals surface area contributed by atoms with E-state index in [1.165, 1.54) is 0 Å². The van der Waals surface area contributed by atoms with Crippen molar-refractivity contribution in [1.82, 2.24) is 14.9 Å². The van der Waals surface area contributed by atoms with Crippen LogP contribution in [-0.2, 0) is 0 Å². The zero-order valence-electron chi connectivity index (χ0n) is 13.4. The number of nitrogens with one attached hydrogen (secondary N) is 1. The molecule has 1 atom stereocenters. The number of para-hydroxylation sites is 1. The lowest BCUT2D eigenvalue weighted by Crippen LogP contribution is -2.44. The highest BCUT2D eigenvalue weighted by Gasteiger charge is 2.52. The van der Waals surface area contributed by atoms with Crippen LogP contribution in [0, 0.1) is 0 Å². The van der Waals surface area contributed by atoms with Crippen molar-refractivity contribution >= 4 is 17.5 Å². The number of likely N-dealkylation sites (tertiary alicyclic amines) is 1. The Morgan fingerprint density at radius 2 is 1.92 bits per heavy atom. The van der Waals surface area contributed by atoms with Gasteiger partial charge in [-0.1, -0.05) is 18.2 Å². The highest BCUT2D eigenvalue weighted by molar-refractivity contribution is 5.94. The summed E-state index contributed by atoms with van der Waals surface area (Å²) in [5.74, 6) is 0.362. The van der Waals surface area contributed by atoms with Gasteiger partial charge in [-0.05, 0) is 37.8 Å². The minimum atomic E-state index is -0.665. The summed E-state index contributed by atoms with van der Waals surface area (Å²) in [5, 5.41) is 13.5. The van der Waals surface area contributed by atoms with Gasteiger partial charge in [0.2, 0.25) is 5.95 Å². The molecule has 6 nitrogen and oxygen atoms in total. The Kier molecular flexibility index (Phi) is 3.69. The number of nitrogens with zero attached hydrogens (tertiary/aromatic N) is 3. The quantitative estimate of drug-likeness (QED) is 0.902. The second kappa shape index (κ2) is 5.87. The largest absolute Gasteiger partial charge is 0.388 e. The summed E-state index contributed by atoms with van der Waals surface area (Å²) < 4.78 is 0. The fraction of sp³-hybridized carbons (Fsp3) is 0.389. The summed E-state index contributed by atoms with van der Waals surface area (Å²) >= 11 is 0. The van der Waals surface area contributed by atoms with E-state index in [4.69, 9.17) is 0 Å². The molecule has 1 aromatic carbocycles. The maximum atomic E-state index is 12.7. The van der Waals surface area contributed by atoms with Gasteiger partial charge in [0.1, 0.15) is 0 Å². The molecule has 1 aliphatic heterocycles. The highest BCUT2D eigenvalue weighted by atomic mass is 16.3. The van der Waals surface area contributed by atoms with E-state index in [-0.39, 0.29) is 11.9 Å². The molecular formula is C18H20N4O2. The number of hydrogen-bond donors (Lipinski definition) is 2. The molecule has 4 rings (SSSR count). The van der Waals surface area contributed by atoms with Crippen LogP contribution in [0.1, 0.15) is 36.0 Å². The molecule has 124 valence electrons. The van der Waals surface area contributed by atoms with Gasteiger partial charge in [-0.2, -0.15) is 0 Å². The molecule has 2 heterocycles. The molecule has 1 aromatic heterocycles. The molecule has 0 spiro atoms. The average molecular weight is 324 g/mol. The topological polar surface area (TPSA) is 78.4 Å². The number of amides is 1. The van der Waals surface area contributed by atoms with Crippen molar-refractivity contribution in [3.63, 3.8) is 0 Å². The zero-order chi connectivity index (χ0) is 16.6. The van der Waals surface area contributed by atoms with Crippen molar-refractivity contribution in [2.75, 3.05) is 11.9 Å². The molecule has 0 bridgehead atoms. The van der Waals surface area contributed by atoms with Crippen LogP contribution >= 0.6 is 0 Å². The monoisotopic (exact) mass is 324 g/mol. The molecule has 2 fully saturated rings. The third-order valence-electron chi connectivity index (χ3n) is 4.82. The van der Waals surface area contributed by atoms with Crippen molar-refractivity contribution in [3.05, 3.63) is 48.3 Å². The Balaban J connectivity index is 1.47. The number of hydrogen-bond acceptors (Lipinski definition) is 5. The molecule has 2 N–H and O–H groups in total. The van der Waals surface area contributed by atoms with Crippen LogP contribution in [-0.4, -0.2) is 44.1 Å². The van der Waals surface area contributed by atoms with Crippen molar-refractivity contribution in [1.29, 1.82) is 0 Å². The number of rotatable bonds is 4. The maximum absolute atomic E-state index is 12.7. The van der Waals surface area contributed by atoms with E-state index in [1.807, 2.05) is 30.3 Å². The summed E-state index contributed by atoms with van der Waals surface area (Å²) in [6.07, 6.45) is 6.49. The first-order chi connectivity index (χ1) is 11.7. The predicted molar refractivity (Wildman–Crippen MR) is 90.0 cm³/mol. The first kappa shape index (κ1) is 15.1. The summed E-state index contributed by atoms with van der Waals surface area (Å²) in [5.41, 5.74) is 0.693. The van der Waals surface area contributed by atoms with Gasteiger partial charge in [0.15, 0.2) is 0 Å². The minimum Gasteiger partial charge on any atom is -0.388 e. The van der Waals surface area contributed by atoms with Gasteiger partial charge >= 0.3 is 0 Å². The lowest BCUT2D eigenvalue weighted by atomic mass is 10.1. The van der Waals surface area contributed by atoms with Crippen molar-refractivity contribution in [2.45, 2.75) is 37.3 Å². The minimum absolute atomic E-state index is 0.0629. The SMILES string of the molecule is O=C(c1cnc(Nc2ccccc2)nc1)N1CCCC1C1(O)CC1. The van der Waals surface area contributed by atoms with Gasteiger partial charge in [-0.15, -0.1) is 0 Å². The van der Waals surface area contributed by atoms with Crippen molar-refractivity contribution in [3.8, 4) is 0 Å². The standard InChI is InChI=1S/C18H20N4O2/c23-16(22-10-4-7-15(22)18(24)8-9-18)13-11-19-17(20-12-13)21-14-5-2-1-3-6-14/h1-3,5-6,11-12,15,24H,4,7-10H2,(H,19,20,21). The molecule has 1 saturated carbocycles. The number of aromatic nitrogens is 2. The predicted octanol–water partition coefficient (Wildman–Crippen LogP) is 2.35. The third-order valence-corrected chi connectivity index (χ3v) is 4.82. The average Bonchev–Trinajstić information content (AvgIpc) is 3.16. The van der Waals surface area contributed by atoms with E-state index in [2.05, 4.69) is 15.3 Å². The first-order valence-electron chi connectivity index (χ1n) is 8.33. The van der Waals surface area contributed by atoms with Crippen molar-refractivity contribution < 1.29 is 9.90 Å². The summed E-state index contributed by atoms with van der Waals surface area (Å²) in [4.78, 5) is 23.0. The molecule has 24 heavy (non-hydrogen) atoms. The Bertz CT molecular complexity index is 728. The van der Waals surface area contributed by atoms with Crippen LogP contribution < -0.4 is 5.32 Å². The lowest BCUT2D eigenvalue weighted by molar-refractivity contribution is 0.0386. The Labute approximate surface area is 140 Å². The molecule has 2 aromatic rings. The molecule has 0 radical (unpaired) electrons. The molecular weight excluding hydrogens is 304 g/mol. The van der Waals surface area contributed by atoms with Crippen LogP contribution in [0.3, 0.4) is 0 Å². The number of carbonyl (C=O) groups is 1. The first-order valence-corrected chi connectivity index (χ1v) is 8.33. The molecule has 2 aliphatic rings. The van der Waals surface area contributed by atoms with Crippen LogP contribution in [0.5, 0.6) is 0 Å². The third kappa shape index (κ3) is 2.85. The lowest BCUT2D eigenvalue weighted by Gasteiger charge is -2.28. The van der Waals surface area contributed by atoms with Gasteiger partial charge in [0.25, 0.3) is 5.91 Å². The fourth-order valence-corrected chi connectivity index (χ4v) is 3.35. The highest BCUT2D eigenvalue weighted by Crippen LogP contribution is 2.44. The normalized spacial score (nSPS) is 21.5. The molecule has 1 amide bonds. The van der Waals surface area contributed by atoms with E-state index in [0.717, 1.165) is 31.4 Å². The van der Waals surface area contributed by atoms with Crippen LogP contribution in [0.4, 0.5) is 11.6 Å². The summed E-state index contributed by atoms with van der Waals surface area (Å²) in [7, 11) is 0. The molecule has 1 unspecified atom stereocenters. The number of benzene rings is 1. The fourth-order valence-electron chi connectivity index (χ4n) is 3.35. The van der Waals surface area contributed by atoms with Gasteiger partial charge in [-0.25, -0.2) is 9.97 Å².